The third-order valence-corrected chi connectivity index (χ3v) is 6.67. The van der Waals surface area contributed by atoms with Crippen LogP contribution in [0.15, 0.2) is 71.7 Å². The van der Waals surface area contributed by atoms with Crippen LogP contribution in [0.4, 0.5) is 0 Å². The number of carbonyl (C=O) groups is 1. The third kappa shape index (κ3) is 4.57. The topological polar surface area (TPSA) is 42.0 Å². The van der Waals surface area contributed by atoms with Crippen LogP contribution in [-0.4, -0.2) is 29.8 Å². The highest BCUT2D eigenvalue weighted by Gasteiger charge is 2.40. The van der Waals surface area contributed by atoms with Crippen molar-refractivity contribution in [2.45, 2.75) is 13.0 Å². The van der Waals surface area contributed by atoms with Gasteiger partial charge in [-0.05, 0) is 36.1 Å². The average Bonchev–Trinajstić information content (AvgIpc) is 3.39. The number of hydroxylamine groups is 1. The lowest BCUT2D eigenvalue weighted by Gasteiger charge is -2.31. The summed E-state index contributed by atoms with van der Waals surface area (Å²) in [5.74, 6) is 0.622. The first-order chi connectivity index (χ1) is 15.1. The van der Waals surface area contributed by atoms with Crippen LogP contribution in [0.5, 0.6) is 5.75 Å². The van der Waals surface area contributed by atoms with Crippen molar-refractivity contribution in [1.82, 2.24) is 10.2 Å². The minimum atomic E-state index is -0.111. The quantitative estimate of drug-likeness (QED) is 0.362. The smallest absolute Gasteiger partial charge is 0.322 e. The summed E-state index contributed by atoms with van der Waals surface area (Å²) in [6, 6.07) is 19.3. The number of halogens is 2. The molecule has 0 radical (unpaired) electrons. The zero-order chi connectivity index (χ0) is 21.8. The largest absolute Gasteiger partial charge is 0.492 e. The van der Waals surface area contributed by atoms with Crippen LogP contribution < -0.4 is 4.74 Å². The molecule has 2 aromatic carbocycles. The summed E-state index contributed by atoms with van der Waals surface area (Å²) in [5.41, 5.74) is 3.01. The van der Waals surface area contributed by atoms with Crippen LogP contribution in [0.25, 0.3) is 5.57 Å². The van der Waals surface area contributed by atoms with Crippen LogP contribution in [0.2, 0.25) is 10.0 Å². The maximum atomic E-state index is 11.3. The molecule has 0 bridgehead atoms. The maximum Gasteiger partial charge on any atom is 0.322 e. The summed E-state index contributed by atoms with van der Waals surface area (Å²) in [7, 11) is 0. The Morgan fingerprint density at radius 3 is 2.55 bits per heavy atom. The number of rotatable bonds is 8. The van der Waals surface area contributed by atoms with Crippen LogP contribution in [0, 0.1) is 0 Å². The number of hydrazine groups is 1. The zero-order valence-electron chi connectivity index (χ0n) is 16.7. The fraction of sp³-hybridized carbons (Fsp3) is 0.174. The molecule has 5 nitrogen and oxygen atoms in total. The molecule has 0 amide bonds. The van der Waals surface area contributed by atoms with Crippen LogP contribution in [0.3, 0.4) is 0 Å². The fourth-order valence-corrected chi connectivity index (χ4v) is 4.82. The number of allylic oxidation sites excluding steroid dienone is 1. The molecule has 2 heterocycles. The Labute approximate surface area is 194 Å². The first-order valence-corrected chi connectivity index (χ1v) is 11.3. The van der Waals surface area contributed by atoms with E-state index in [-0.39, 0.29) is 6.04 Å². The van der Waals surface area contributed by atoms with Crippen molar-refractivity contribution in [2.75, 3.05) is 13.2 Å². The van der Waals surface area contributed by atoms with E-state index in [1.807, 2.05) is 41.6 Å². The molecule has 0 fully saturated rings. The van der Waals surface area contributed by atoms with Gasteiger partial charge in [0.05, 0.1) is 28.3 Å². The van der Waals surface area contributed by atoms with Gasteiger partial charge in [0.25, 0.3) is 0 Å². The predicted octanol–water partition coefficient (Wildman–Crippen LogP) is 6.23. The molecular weight excluding hydrogens is 455 g/mol. The summed E-state index contributed by atoms with van der Waals surface area (Å²) in [6.07, 6.45) is 0. The Bertz CT molecular complexity index is 1070. The number of ether oxygens (including phenoxy) is 1. The number of carbonyl (C=O) groups excluding carboxylic acids is 1. The minimum Gasteiger partial charge on any atom is -0.492 e. The molecule has 4 rings (SSSR count). The Hall–Kier alpha value is -2.51. The molecule has 3 aromatic rings. The molecule has 31 heavy (non-hydrogen) atoms. The Morgan fingerprint density at radius 2 is 1.87 bits per heavy atom. The van der Waals surface area contributed by atoms with E-state index < -0.39 is 0 Å². The molecule has 0 aliphatic carbocycles. The van der Waals surface area contributed by atoms with Gasteiger partial charge >= 0.3 is 6.47 Å². The molecule has 0 N–H and O–H groups in total. The van der Waals surface area contributed by atoms with Crippen molar-refractivity contribution in [3.05, 3.63) is 92.2 Å². The fourth-order valence-electron chi connectivity index (χ4n) is 3.69. The molecule has 0 spiro atoms. The van der Waals surface area contributed by atoms with Gasteiger partial charge in [-0.1, -0.05) is 59.6 Å². The van der Waals surface area contributed by atoms with Crippen molar-refractivity contribution >= 4 is 46.6 Å². The molecule has 1 aliphatic heterocycles. The summed E-state index contributed by atoms with van der Waals surface area (Å²) in [5, 5.41) is 6.50. The second kappa shape index (κ2) is 9.75. The molecule has 1 aromatic heterocycles. The van der Waals surface area contributed by atoms with E-state index >= 15 is 0 Å². The van der Waals surface area contributed by atoms with Crippen molar-refractivity contribution in [2.24, 2.45) is 0 Å². The third-order valence-electron chi connectivity index (χ3n) is 5.00. The number of nitrogens with zero attached hydrogens (tertiary/aromatic N) is 2. The van der Waals surface area contributed by atoms with Crippen molar-refractivity contribution in [1.29, 1.82) is 0 Å². The molecule has 160 valence electrons. The number of benzene rings is 2. The first-order valence-electron chi connectivity index (χ1n) is 9.64. The van der Waals surface area contributed by atoms with Crippen molar-refractivity contribution < 1.29 is 14.4 Å². The molecule has 1 unspecified atom stereocenters. The van der Waals surface area contributed by atoms with Crippen LogP contribution in [0.1, 0.15) is 23.4 Å². The van der Waals surface area contributed by atoms with Crippen LogP contribution in [-0.2, 0) is 9.63 Å². The van der Waals surface area contributed by atoms with Gasteiger partial charge in [0.15, 0.2) is 0 Å². The van der Waals surface area contributed by atoms with Gasteiger partial charge in [0.1, 0.15) is 12.4 Å². The van der Waals surface area contributed by atoms with E-state index in [0.717, 1.165) is 21.7 Å². The van der Waals surface area contributed by atoms with Gasteiger partial charge < -0.3 is 9.57 Å². The zero-order valence-corrected chi connectivity index (χ0v) is 19.0. The average molecular weight is 475 g/mol. The summed E-state index contributed by atoms with van der Waals surface area (Å²) >= 11 is 13.7. The monoisotopic (exact) mass is 474 g/mol. The molecule has 0 saturated heterocycles. The highest BCUT2D eigenvalue weighted by atomic mass is 35.5. The molecular formula is C23H20Cl2N2O3S. The Kier molecular flexibility index (Phi) is 6.83. The summed E-state index contributed by atoms with van der Waals surface area (Å²) in [4.78, 5) is 17.8. The van der Waals surface area contributed by atoms with Crippen molar-refractivity contribution in [3.8, 4) is 5.75 Å². The summed E-state index contributed by atoms with van der Waals surface area (Å²) in [6.45, 7) is 3.22. The molecule has 1 atom stereocenters. The van der Waals surface area contributed by atoms with Gasteiger partial charge in [-0.15, -0.1) is 16.5 Å². The lowest BCUT2D eigenvalue weighted by Crippen LogP contribution is -2.41. The molecule has 1 aliphatic rings. The van der Waals surface area contributed by atoms with Crippen molar-refractivity contribution in [3.63, 3.8) is 0 Å². The summed E-state index contributed by atoms with van der Waals surface area (Å²) < 4.78 is 5.90. The molecule has 8 heteroatoms. The normalized spacial score (nSPS) is 16.6. The second-order valence-corrected chi connectivity index (χ2v) is 8.64. The Morgan fingerprint density at radius 1 is 1.06 bits per heavy atom. The highest BCUT2D eigenvalue weighted by Crippen LogP contribution is 2.46. The SMILES string of the molecule is CC1=C(c2ccccc2)C(c2cccs2)N(CCOc2ccc(Cl)c(Cl)c2)N1OC=O. The van der Waals surface area contributed by atoms with Gasteiger partial charge in [0.2, 0.25) is 0 Å². The second-order valence-electron chi connectivity index (χ2n) is 6.85. The van der Waals surface area contributed by atoms with E-state index in [4.69, 9.17) is 32.8 Å². The Balaban J connectivity index is 1.62. The maximum absolute atomic E-state index is 11.3. The lowest BCUT2D eigenvalue weighted by atomic mass is 9.96. The van der Waals surface area contributed by atoms with E-state index in [9.17, 15) is 4.79 Å². The highest BCUT2D eigenvalue weighted by molar-refractivity contribution is 7.10. The number of hydrogen-bond acceptors (Lipinski definition) is 6. The van der Waals surface area contributed by atoms with Crippen LogP contribution >= 0.6 is 34.5 Å². The first kappa shape index (κ1) is 21.7. The number of hydrogen-bond donors (Lipinski definition) is 0. The van der Waals surface area contributed by atoms with Gasteiger partial charge in [-0.3, -0.25) is 4.79 Å². The van der Waals surface area contributed by atoms with E-state index in [2.05, 4.69) is 18.2 Å². The van der Waals surface area contributed by atoms with E-state index in [1.165, 1.54) is 0 Å². The van der Waals surface area contributed by atoms with E-state index in [0.29, 0.717) is 35.4 Å². The predicted molar refractivity (Wildman–Crippen MR) is 124 cm³/mol. The number of thiophene rings is 1. The lowest BCUT2D eigenvalue weighted by molar-refractivity contribution is -0.236. The standard InChI is InChI=1S/C23H20Cl2N2O3S/c1-16-22(17-6-3-2-4-7-17)23(21-8-5-13-31-21)26(27(16)30-15-28)11-12-29-18-9-10-19(24)20(25)14-18/h2-10,13-15,23H,11-12H2,1H3. The van der Waals surface area contributed by atoms with Gasteiger partial charge in [-0.2, -0.15) is 5.01 Å². The van der Waals surface area contributed by atoms with E-state index in [1.54, 1.807) is 34.7 Å². The van der Waals surface area contributed by atoms with Gasteiger partial charge in [0, 0.05) is 16.5 Å². The minimum absolute atomic E-state index is 0.111. The van der Waals surface area contributed by atoms with Gasteiger partial charge in [-0.25, -0.2) is 0 Å². The molecule has 0 saturated carbocycles.